The number of rotatable bonds is 6. The monoisotopic (exact) mass is 234 g/mol. The summed E-state index contributed by atoms with van der Waals surface area (Å²) in [6, 6.07) is 6.24. The summed E-state index contributed by atoms with van der Waals surface area (Å²) in [7, 11) is 0. The molecule has 0 amide bonds. The second kappa shape index (κ2) is 5.54. The molecule has 2 heteroatoms. The summed E-state index contributed by atoms with van der Waals surface area (Å²) in [4.78, 5) is 0. The van der Waals surface area contributed by atoms with E-state index in [1.807, 2.05) is 6.07 Å². The van der Waals surface area contributed by atoms with Gasteiger partial charge in [0.25, 0.3) is 0 Å². The van der Waals surface area contributed by atoms with Gasteiger partial charge in [-0.2, -0.15) is 0 Å². The Morgan fingerprint density at radius 2 is 2.18 bits per heavy atom. The molecule has 2 nitrogen and oxygen atoms in total. The van der Waals surface area contributed by atoms with Crippen LogP contribution in [0.1, 0.15) is 56.1 Å². The molecular weight excluding hydrogens is 212 g/mol. The second-order valence-corrected chi connectivity index (χ2v) is 4.97. The van der Waals surface area contributed by atoms with E-state index < -0.39 is 0 Å². The van der Waals surface area contributed by atoms with Crippen LogP contribution in [0.2, 0.25) is 0 Å². The van der Waals surface area contributed by atoms with Crippen LogP contribution in [-0.4, -0.2) is 18.3 Å². The van der Waals surface area contributed by atoms with Crippen LogP contribution in [0.4, 0.5) is 0 Å². The van der Waals surface area contributed by atoms with Crippen LogP contribution in [0.3, 0.4) is 0 Å². The fraction of sp³-hybridized carbons (Fsp3) is 0.600. The van der Waals surface area contributed by atoms with Crippen LogP contribution in [0.5, 0.6) is 5.75 Å². The van der Waals surface area contributed by atoms with E-state index in [2.05, 4.69) is 26.0 Å². The molecule has 0 radical (unpaired) electrons. The number of hydrogen-bond donors (Lipinski definition) is 1. The van der Waals surface area contributed by atoms with Crippen molar-refractivity contribution < 1.29 is 9.84 Å². The Balaban J connectivity index is 2.31. The lowest BCUT2D eigenvalue weighted by molar-refractivity contribution is 0.271. The minimum absolute atomic E-state index is 0.204. The first-order valence-electron chi connectivity index (χ1n) is 6.64. The maximum atomic E-state index is 9.34. The van der Waals surface area contributed by atoms with E-state index in [1.54, 1.807) is 0 Å². The number of ether oxygens (including phenoxy) is 1. The number of benzene rings is 1. The summed E-state index contributed by atoms with van der Waals surface area (Å²) in [5.74, 6) is 1.90. The van der Waals surface area contributed by atoms with Crippen molar-refractivity contribution in [3.05, 3.63) is 29.3 Å². The molecule has 0 saturated heterocycles. The number of aliphatic hydroxyl groups is 1. The molecule has 1 fully saturated rings. The van der Waals surface area contributed by atoms with Crippen LogP contribution in [-0.2, 0) is 0 Å². The number of hydrogen-bond acceptors (Lipinski definition) is 2. The van der Waals surface area contributed by atoms with Crippen molar-refractivity contribution in [1.29, 1.82) is 0 Å². The van der Waals surface area contributed by atoms with Crippen molar-refractivity contribution in [1.82, 2.24) is 0 Å². The molecule has 0 aromatic heterocycles. The zero-order valence-corrected chi connectivity index (χ0v) is 10.8. The highest BCUT2D eigenvalue weighted by Crippen LogP contribution is 2.47. The lowest BCUT2D eigenvalue weighted by Gasteiger charge is -2.18. The molecule has 1 saturated carbocycles. The molecular formula is C15H22O2. The Bertz CT molecular complexity index is 369. The van der Waals surface area contributed by atoms with E-state index in [9.17, 15) is 5.11 Å². The summed E-state index contributed by atoms with van der Waals surface area (Å²) in [5, 5.41) is 9.34. The van der Waals surface area contributed by atoms with Gasteiger partial charge in [-0.25, -0.2) is 0 Å². The molecule has 17 heavy (non-hydrogen) atoms. The fourth-order valence-corrected chi connectivity index (χ4v) is 2.24. The van der Waals surface area contributed by atoms with E-state index >= 15 is 0 Å². The van der Waals surface area contributed by atoms with E-state index in [-0.39, 0.29) is 12.5 Å². The molecule has 0 spiro atoms. The second-order valence-electron chi connectivity index (χ2n) is 4.97. The minimum Gasteiger partial charge on any atom is -0.493 e. The quantitative estimate of drug-likeness (QED) is 0.817. The standard InChI is InChI=1S/C15H22O2/c1-3-9-17-14-6-4-5-13(11(2)10-16)15(14)12-7-8-12/h4-6,11-12,16H,3,7-10H2,1-2H3. The van der Waals surface area contributed by atoms with Gasteiger partial charge in [0.2, 0.25) is 0 Å². The number of aliphatic hydroxyl groups excluding tert-OH is 1. The summed E-state index contributed by atoms with van der Waals surface area (Å²) < 4.78 is 5.84. The predicted molar refractivity (Wildman–Crippen MR) is 69.7 cm³/mol. The first-order chi connectivity index (χ1) is 8.27. The first kappa shape index (κ1) is 12.4. The Morgan fingerprint density at radius 1 is 1.41 bits per heavy atom. The predicted octanol–water partition coefficient (Wildman–Crippen LogP) is 3.45. The molecule has 1 aromatic rings. The van der Waals surface area contributed by atoms with Crippen molar-refractivity contribution in [2.24, 2.45) is 0 Å². The summed E-state index contributed by atoms with van der Waals surface area (Å²) in [6.07, 6.45) is 3.55. The summed E-state index contributed by atoms with van der Waals surface area (Å²) in [5.41, 5.74) is 2.62. The fourth-order valence-electron chi connectivity index (χ4n) is 2.24. The molecule has 0 heterocycles. The van der Waals surface area contributed by atoms with Crippen LogP contribution in [0.25, 0.3) is 0 Å². The van der Waals surface area contributed by atoms with Gasteiger partial charge >= 0.3 is 0 Å². The van der Waals surface area contributed by atoms with Crippen LogP contribution >= 0.6 is 0 Å². The SMILES string of the molecule is CCCOc1cccc(C(C)CO)c1C1CC1. The van der Waals surface area contributed by atoms with Crippen LogP contribution < -0.4 is 4.74 Å². The molecule has 94 valence electrons. The lowest BCUT2D eigenvalue weighted by Crippen LogP contribution is -2.06. The van der Waals surface area contributed by atoms with E-state index in [0.29, 0.717) is 5.92 Å². The highest BCUT2D eigenvalue weighted by molar-refractivity contribution is 5.46. The smallest absolute Gasteiger partial charge is 0.123 e. The van der Waals surface area contributed by atoms with Gasteiger partial charge in [0.05, 0.1) is 6.61 Å². The van der Waals surface area contributed by atoms with Gasteiger partial charge in [0.1, 0.15) is 5.75 Å². The Kier molecular flexibility index (Phi) is 4.06. The molecule has 1 unspecified atom stereocenters. The van der Waals surface area contributed by atoms with Gasteiger partial charge < -0.3 is 9.84 Å². The van der Waals surface area contributed by atoms with Gasteiger partial charge in [-0.3, -0.25) is 0 Å². The van der Waals surface area contributed by atoms with Gasteiger partial charge in [-0.1, -0.05) is 26.0 Å². The van der Waals surface area contributed by atoms with E-state index in [0.717, 1.165) is 18.8 Å². The zero-order chi connectivity index (χ0) is 12.3. The molecule has 1 atom stereocenters. The third-order valence-electron chi connectivity index (χ3n) is 3.35. The van der Waals surface area contributed by atoms with Crippen molar-refractivity contribution in [3.63, 3.8) is 0 Å². The Hall–Kier alpha value is -1.02. The van der Waals surface area contributed by atoms with E-state index in [4.69, 9.17) is 4.74 Å². The molecule has 1 aromatic carbocycles. The third-order valence-corrected chi connectivity index (χ3v) is 3.35. The van der Waals surface area contributed by atoms with Crippen molar-refractivity contribution in [2.45, 2.75) is 44.9 Å². The Morgan fingerprint density at radius 3 is 2.76 bits per heavy atom. The van der Waals surface area contributed by atoms with Crippen molar-refractivity contribution >= 4 is 0 Å². The van der Waals surface area contributed by atoms with E-state index in [1.165, 1.54) is 24.0 Å². The molecule has 2 rings (SSSR count). The van der Waals surface area contributed by atoms with Gasteiger partial charge in [0.15, 0.2) is 0 Å². The first-order valence-corrected chi connectivity index (χ1v) is 6.64. The van der Waals surface area contributed by atoms with Crippen molar-refractivity contribution in [2.75, 3.05) is 13.2 Å². The van der Waals surface area contributed by atoms with Crippen molar-refractivity contribution in [3.8, 4) is 5.75 Å². The lowest BCUT2D eigenvalue weighted by atomic mass is 9.93. The maximum Gasteiger partial charge on any atom is 0.123 e. The van der Waals surface area contributed by atoms with Gasteiger partial charge in [-0.15, -0.1) is 0 Å². The van der Waals surface area contributed by atoms with Crippen LogP contribution in [0, 0.1) is 0 Å². The zero-order valence-electron chi connectivity index (χ0n) is 10.8. The van der Waals surface area contributed by atoms with Gasteiger partial charge in [-0.05, 0) is 36.8 Å². The maximum absolute atomic E-state index is 9.34. The Labute approximate surface area is 104 Å². The molecule has 1 aliphatic carbocycles. The molecule has 0 aliphatic heterocycles. The average Bonchev–Trinajstić information content (AvgIpc) is 3.19. The summed E-state index contributed by atoms with van der Waals surface area (Å²) >= 11 is 0. The van der Waals surface area contributed by atoms with Gasteiger partial charge in [0, 0.05) is 18.1 Å². The molecule has 1 N–H and O–H groups in total. The molecule has 0 bridgehead atoms. The highest BCUT2D eigenvalue weighted by atomic mass is 16.5. The topological polar surface area (TPSA) is 29.5 Å². The average molecular weight is 234 g/mol. The highest BCUT2D eigenvalue weighted by Gasteiger charge is 2.30. The third kappa shape index (κ3) is 2.81. The van der Waals surface area contributed by atoms with Crippen LogP contribution in [0.15, 0.2) is 18.2 Å². The normalized spacial score (nSPS) is 16.9. The molecule has 1 aliphatic rings. The minimum atomic E-state index is 0.204. The largest absolute Gasteiger partial charge is 0.493 e. The summed E-state index contributed by atoms with van der Waals surface area (Å²) in [6.45, 7) is 5.18.